The maximum absolute atomic E-state index is 14.8. The molecule has 1 aliphatic carbocycles. The van der Waals surface area contributed by atoms with Crippen LogP contribution in [0.5, 0.6) is 0 Å². The highest BCUT2D eigenvalue weighted by Crippen LogP contribution is 2.53. The van der Waals surface area contributed by atoms with E-state index in [1.807, 2.05) is 4.90 Å². The minimum atomic E-state index is -3.66. The summed E-state index contributed by atoms with van der Waals surface area (Å²) < 4.78 is 42.1. The Hall–Kier alpha value is -1.21. The molecule has 0 bridgehead atoms. The molecule has 4 rings (SSSR count). The zero-order valence-electron chi connectivity index (χ0n) is 16.2. The van der Waals surface area contributed by atoms with E-state index in [4.69, 9.17) is 0 Å². The fourth-order valence-corrected chi connectivity index (χ4v) is 6.23. The van der Waals surface area contributed by atoms with Crippen LogP contribution in [0.4, 0.5) is 10.2 Å². The number of halogens is 1. The third kappa shape index (κ3) is 3.86. The zero-order valence-corrected chi connectivity index (χ0v) is 17.0. The topological polar surface area (TPSA) is 53.5 Å². The molecule has 1 aromatic rings. The molecule has 150 valence electrons. The molecule has 1 aromatic heterocycles. The van der Waals surface area contributed by atoms with Gasteiger partial charge in [-0.3, -0.25) is 0 Å². The van der Waals surface area contributed by atoms with Gasteiger partial charge < -0.3 is 4.90 Å². The van der Waals surface area contributed by atoms with Crippen LogP contribution >= 0.6 is 0 Å². The van der Waals surface area contributed by atoms with Crippen molar-refractivity contribution in [3.05, 3.63) is 18.1 Å². The van der Waals surface area contributed by atoms with E-state index in [2.05, 4.69) is 11.9 Å². The molecule has 1 saturated carbocycles. The fraction of sp³-hybridized carbons (Fsp3) is 0.750. The highest BCUT2D eigenvalue weighted by atomic mass is 32.2. The third-order valence-electron chi connectivity index (χ3n) is 6.68. The number of rotatable bonds is 5. The second-order valence-electron chi connectivity index (χ2n) is 8.62. The number of hydrogen-bond acceptors (Lipinski definition) is 4. The third-order valence-corrected chi connectivity index (χ3v) is 8.51. The molecule has 1 spiro atoms. The lowest BCUT2D eigenvalue weighted by Gasteiger charge is -2.23. The number of anilines is 1. The second-order valence-corrected chi connectivity index (χ2v) is 10.6. The summed E-state index contributed by atoms with van der Waals surface area (Å²) >= 11 is 0. The van der Waals surface area contributed by atoms with E-state index in [1.165, 1.54) is 35.8 Å². The molecule has 7 heteroatoms. The van der Waals surface area contributed by atoms with Crippen molar-refractivity contribution < 1.29 is 12.8 Å². The number of sulfonamides is 1. The van der Waals surface area contributed by atoms with Gasteiger partial charge in [-0.15, -0.1) is 0 Å². The van der Waals surface area contributed by atoms with Crippen LogP contribution in [0.3, 0.4) is 0 Å². The van der Waals surface area contributed by atoms with E-state index >= 15 is 0 Å². The van der Waals surface area contributed by atoms with Crippen LogP contribution in [0, 0.1) is 17.2 Å². The van der Waals surface area contributed by atoms with Gasteiger partial charge in [0.15, 0.2) is 11.6 Å². The summed E-state index contributed by atoms with van der Waals surface area (Å²) in [5, 5.41) is 0. The minimum Gasteiger partial charge on any atom is -0.354 e. The van der Waals surface area contributed by atoms with Crippen molar-refractivity contribution >= 4 is 15.8 Å². The van der Waals surface area contributed by atoms with E-state index in [1.54, 1.807) is 0 Å². The van der Waals surface area contributed by atoms with Crippen molar-refractivity contribution in [1.82, 2.24) is 9.29 Å². The molecule has 3 heterocycles. The summed E-state index contributed by atoms with van der Waals surface area (Å²) in [4.78, 5) is 6.22. The molecule has 0 aromatic carbocycles. The lowest BCUT2D eigenvalue weighted by molar-refractivity contribution is 0.444. The van der Waals surface area contributed by atoms with Crippen LogP contribution in [0.25, 0.3) is 0 Å². The summed E-state index contributed by atoms with van der Waals surface area (Å²) in [6.45, 7) is 4.77. The summed E-state index contributed by atoms with van der Waals surface area (Å²) in [5.41, 5.74) is 0.499. The molecule has 5 nitrogen and oxygen atoms in total. The van der Waals surface area contributed by atoms with Crippen molar-refractivity contribution in [2.75, 3.05) is 31.1 Å². The summed E-state index contributed by atoms with van der Waals surface area (Å²) in [7, 11) is -3.66. The molecule has 1 unspecified atom stereocenters. The van der Waals surface area contributed by atoms with Gasteiger partial charge in [-0.05, 0) is 62.3 Å². The highest BCUT2D eigenvalue weighted by molar-refractivity contribution is 7.89. The first-order valence-electron chi connectivity index (χ1n) is 10.3. The van der Waals surface area contributed by atoms with Gasteiger partial charge in [0.25, 0.3) is 0 Å². The lowest BCUT2D eigenvalue weighted by atomic mass is 9.98. The standard InChI is InChI=1S/C20H30FN3O2S/c1-2-4-16-5-11-24(15-16)27(25,26)17-13-18(21)19(22-14-17)23-10-3-6-20(7-8-20)9-12-23/h13-14,16H,2-12,15H2,1H3. The molecular formula is C20H30FN3O2S. The molecule has 2 saturated heterocycles. The first kappa shape index (κ1) is 19.1. The predicted molar refractivity (Wildman–Crippen MR) is 104 cm³/mol. The molecule has 3 fully saturated rings. The van der Waals surface area contributed by atoms with E-state index in [0.717, 1.165) is 45.2 Å². The Morgan fingerprint density at radius 1 is 1.22 bits per heavy atom. The number of nitrogens with zero attached hydrogens (tertiary/aromatic N) is 3. The maximum Gasteiger partial charge on any atom is 0.244 e. The van der Waals surface area contributed by atoms with Gasteiger partial charge in [0.05, 0.1) is 0 Å². The minimum absolute atomic E-state index is 0.0191. The van der Waals surface area contributed by atoms with Crippen molar-refractivity contribution in [2.45, 2.75) is 63.2 Å². The van der Waals surface area contributed by atoms with Crippen molar-refractivity contribution in [3.8, 4) is 0 Å². The molecule has 1 atom stereocenters. The number of pyridine rings is 1. The molecule has 27 heavy (non-hydrogen) atoms. The first-order valence-corrected chi connectivity index (χ1v) is 11.8. The average molecular weight is 396 g/mol. The van der Waals surface area contributed by atoms with Crippen molar-refractivity contribution in [2.24, 2.45) is 11.3 Å². The maximum atomic E-state index is 14.8. The SMILES string of the molecule is CCCC1CCN(S(=O)(=O)c2cnc(N3CCCC4(CC3)CC4)c(F)c2)C1. The summed E-state index contributed by atoms with van der Waals surface area (Å²) in [5.74, 6) is 0.192. The van der Waals surface area contributed by atoms with Crippen molar-refractivity contribution in [3.63, 3.8) is 0 Å². The van der Waals surface area contributed by atoms with E-state index in [0.29, 0.717) is 30.2 Å². The quantitative estimate of drug-likeness (QED) is 0.761. The Morgan fingerprint density at radius 3 is 2.74 bits per heavy atom. The van der Waals surface area contributed by atoms with E-state index in [9.17, 15) is 12.8 Å². The van der Waals surface area contributed by atoms with Gasteiger partial charge in [0.2, 0.25) is 10.0 Å². The molecule has 0 amide bonds. The van der Waals surface area contributed by atoms with Crippen LogP contribution < -0.4 is 4.90 Å². The molecule has 0 N–H and O–H groups in total. The van der Waals surface area contributed by atoms with Gasteiger partial charge in [-0.2, -0.15) is 4.31 Å². The molecular weight excluding hydrogens is 365 g/mol. The van der Waals surface area contributed by atoms with Crippen LogP contribution in [-0.4, -0.2) is 43.9 Å². The van der Waals surface area contributed by atoms with Crippen molar-refractivity contribution in [1.29, 1.82) is 0 Å². The normalized spacial score (nSPS) is 25.7. The Kier molecular flexibility index (Phi) is 5.18. The molecule has 3 aliphatic rings. The smallest absolute Gasteiger partial charge is 0.244 e. The van der Waals surface area contributed by atoms with Gasteiger partial charge in [-0.1, -0.05) is 13.3 Å². The Balaban J connectivity index is 1.49. The van der Waals surface area contributed by atoms with Crippen LogP contribution in [0.2, 0.25) is 0 Å². The molecule has 0 radical (unpaired) electrons. The highest BCUT2D eigenvalue weighted by Gasteiger charge is 2.43. The average Bonchev–Trinajstić information content (AvgIpc) is 3.31. The van der Waals surface area contributed by atoms with E-state index < -0.39 is 15.8 Å². The van der Waals surface area contributed by atoms with Crippen LogP contribution in [0.15, 0.2) is 17.2 Å². The number of aromatic nitrogens is 1. The number of hydrogen-bond donors (Lipinski definition) is 0. The van der Waals surface area contributed by atoms with Gasteiger partial charge >= 0.3 is 0 Å². The summed E-state index contributed by atoms with van der Waals surface area (Å²) in [6.07, 6.45) is 10.3. The van der Waals surface area contributed by atoms with Gasteiger partial charge in [-0.25, -0.2) is 17.8 Å². The summed E-state index contributed by atoms with van der Waals surface area (Å²) in [6, 6.07) is 1.17. The first-order chi connectivity index (χ1) is 12.9. The Labute approximate surface area is 162 Å². The fourth-order valence-electron chi connectivity index (χ4n) is 4.74. The Bertz CT molecular complexity index is 794. The molecule has 2 aliphatic heterocycles. The largest absolute Gasteiger partial charge is 0.354 e. The lowest BCUT2D eigenvalue weighted by Crippen LogP contribution is -2.30. The van der Waals surface area contributed by atoms with E-state index in [-0.39, 0.29) is 4.90 Å². The zero-order chi connectivity index (χ0) is 19.1. The second kappa shape index (κ2) is 7.32. The van der Waals surface area contributed by atoms with Crippen LogP contribution in [-0.2, 0) is 10.0 Å². The van der Waals surface area contributed by atoms with Gasteiger partial charge in [0, 0.05) is 32.4 Å². The monoisotopic (exact) mass is 395 g/mol. The van der Waals surface area contributed by atoms with Crippen LogP contribution in [0.1, 0.15) is 58.3 Å². The Morgan fingerprint density at radius 2 is 2.04 bits per heavy atom. The predicted octanol–water partition coefficient (Wildman–Crippen LogP) is 3.80. The van der Waals surface area contributed by atoms with Gasteiger partial charge in [0.1, 0.15) is 4.90 Å².